The van der Waals surface area contributed by atoms with Crippen LogP contribution in [0.2, 0.25) is 0 Å². The summed E-state index contributed by atoms with van der Waals surface area (Å²) in [4.78, 5) is 27.1. The van der Waals surface area contributed by atoms with Crippen molar-refractivity contribution < 1.29 is 14.3 Å². The van der Waals surface area contributed by atoms with Crippen LogP contribution in [0.4, 0.5) is 0 Å². The van der Waals surface area contributed by atoms with Crippen molar-refractivity contribution in [1.82, 2.24) is 15.1 Å². The lowest BCUT2D eigenvalue weighted by atomic mass is 10.2. The maximum absolute atomic E-state index is 11.8. The smallest absolute Gasteiger partial charge is 0.239 e. The fourth-order valence-electron chi connectivity index (χ4n) is 2.18. The van der Waals surface area contributed by atoms with Gasteiger partial charge in [0, 0.05) is 25.7 Å². The predicted octanol–water partition coefficient (Wildman–Crippen LogP) is -0.644. The molecule has 1 unspecified atom stereocenters. The molecule has 0 aromatic heterocycles. The number of rotatable bonds is 5. The highest BCUT2D eigenvalue weighted by molar-refractivity contribution is 8.00. The van der Waals surface area contributed by atoms with Crippen molar-refractivity contribution in [1.29, 1.82) is 0 Å². The van der Waals surface area contributed by atoms with Gasteiger partial charge in [-0.3, -0.25) is 14.5 Å². The van der Waals surface area contributed by atoms with E-state index in [0.29, 0.717) is 24.2 Å². The number of carbonyl (C=O) groups excluding carboxylic acids is 2. The summed E-state index contributed by atoms with van der Waals surface area (Å²) in [6.07, 6.45) is 0. The number of amides is 2. The summed E-state index contributed by atoms with van der Waals surface area (Å²) >= 11 is 1.55. The predicted molar refractivity (Wildman–Crippen MR) is 73.9 cm³/mol. The third-order valence-corrected chi connectivity index (χ3v) is 4.37. The molecule has 2 aliphatic heterocycles. The van der Waals surface area contributed by atoms with Crippen LogP contribution in [0.3, 0.4) is 0 Å². The summed E-state index contributed by atoms with van der Waals surface area (Å²) in [6.45, 7) is 6.25. The van der Waals surface area contributed by atoms with Crippen LogP contribution in [0.5, 0.6) is 0 Å². The summed E-state index contributed by atoms with van der Waals surface area (Å²) in [5.41, 5.74) is 0. The van der Waals surface area contributed by atoms with Crippen molar-refractivity contribution >= 4 is 23.6 Å². The van der Waals surface area contributed by atoms with E-state index in [1.807, 2.05) is 0 Å². The number of carbonyl (C=O) groups is 2. The first-order valence-corrected chi connectivity index (χ1v) is 7.76. The van der Waals surface area contributed by atoms with Crippen molar-refractivity contribution in [2.45, 2.75) is 13.0 Å². The lowest BCUT2D eigenvalue weighted by Gasteiger charge is -2.32. The van der Waals surface area contributed by atoms with Crippen LogP contribution < -0.4 is 5.32 Å². The van der Waals surface area contributed by atoms with Crippen molar-refractivity contribution in [3.8, 4) is 0 Å². The van der Waals surface area contributed by atoms with Gasteiger partial charge in [0.2, 0.25) is 11.8 Å². The maximum Gasteiger partial charge on any atom is 0.239 e. The fraction of sp³-hybridized carbons (Fsp3) is 0.833. The van der Waals surface area contributed by atoms with Gasteiger partial charge < -0.3 is 15.0 Å². The van der Waals surface area contributed by atoms with Gasteiger partial charge in [-0.2, -0.15) is 0 Å². The average molecular weight is 287 g/mol. The van der Waals surface area contributed by atoms with Crippen LogP contribution in [-0.4, -0.2) is 78.7 Å². The van der Waals surface area contributed by atoms with Crippen LogP contribution >= 0.6 is 11.8 Å². The van der Waals surface area contributed by atoms with Crippen molar-refractivity contribution in [2.75, 3.05) is 51.0 Å². The molecule has 0 aliphatic carbocycles. The van der Waals surface area contributed by atoms with E-state index in [9.17, 15) is 9.59 Å². The fourth-order valence-corrected chi connectivity index (χ4v) is 3.08. The van der Waals surface area contributed by atoms with E-state index in [1.54, 1.807) is 16.7 Å². The third-order valence-electron chi connectivity index (χ3n) is 3.42. The number of ether oxygens (including phenoxy) is 1. The zero-order chi connectivity index (χ0) is 13.7. The minimum atomic E-state index is -0.0732. The topological polar surface area (TPSA) is 61.9 Å². The lowest BCUT2D eigenvalue weighted by Crippen LogP contribution is -2.48. The molecule has 2 saturated heterocycles. The number of morpholine rings is 1. The lowest BCUT2D eigenvalue weighted by molar-refractivity contribution is -0.132. The van der Waals surface area contributed by atoms with Gasteiger partial charge in [-0.1, -0.05) is 0 Å². The van der Waals surface area contributed by atoms with Crippen LogP contribution in [0.25, 0.3) is 0 Å². The van der Waals surface area contributed by atoms with Crippen LogP contribution in [0, 0.1) is 0 Å². The highest BCUT2D eigenvalue weighted by Gasteiger charge is 2.23. The molecule has 0 radical (unpaired) electrons. The zero-order valence-electron chi connectivity index (χ0n) is 11.3. The Hall–Kier alpha value is -0.790. The summed E-state index contributed by atoms with van der Waals surface area (Å²) < 4.78 is 5.30. The van der Waals surface area contributed by atoms with Gasteiger partial charge in [0.25, 0.3) is 0 Å². The molecular weight excluding hydrogens is 266 g/mol. The average Bonchev–Trinajstić information content (AvgIpc) is 2.82. The van der Waals surface area contributed by atoms with Gasteiger partial charge >= 0.3 is 0 Å². The number of hydrogen-bond acceptors (Lipinski definition) is 5. The van der Waals surface area contributed by atoms with E-state index < -0.39 is 0 Å². The standard InChI is InChI=1S/C12H21N3O3S/c1-10(14-2-4-18-5-3-14)6-13-11(16)7-15-9-19-8-12(15)17/h10H,2-9H2,1H3,(H,13,16). The van der Waals surface area contributed by atoms with Gasteiger partial charge in [-0.15, -0.1) is 11.8 Å². The maximum atomic E-state index is 11.8. The second-order valence-electron chi connectivity index (χ2n) is 4.87. The molecule has 0 bridgehead atoms. The molecule has 19 heavy (non-hydrogen) atoms. The van der Waals surface area contributed by atoms with E-state index in [-0.39, 0.29) is 18.4 Å². The van der Waals surface area contributed by atoms with Crippen LogP contribution in [0.15, 0.2) is 0 Å². The van der Waals surface area contributed by atoms with Crippen molar-refractivity contribution in [2.24, 2.45) is 0 Å². The molecule has 6 nitrogen and oxygen atoms in total. The highest BCUT2D eigenvalue weighted by Crippen LogP contribution is 2.13. The summed E-state index contributed by atoms with van der Waals surface area (Å²) in [7, 11) is 0. The quantitative estimate of drug-likeness (QED) is 0.728. The largest absolute Gasteiger partial charge is 0.379 e. The number of hydrogen-bond donors (Lipinski definition) is 1. The second kappa shape index (κ2) is 7.12. The number of thioether (sulfide) groups is 1. The normalized spacial score (nSPS) is 22.6. The second-order valence-corrected chi connectivity index (χ2v) is 5.83. The Balaban J connectivity index is 1.66. The van der Waals surface area contributed by atoms with Gasteiger partial charge in [-0.05, 0) is 6.92 Å². The Morgan fingerprint density at radius 1 is 1.47 bits per heavy atom. The Bertz CT molecular complexity index is 334. The minimum absolute atomic E-state index is 0.0568. The molecule has 7 heteroatoms. The third kappa shape index (κ3) is 4.36. The number of nitrogens with zero attached hydrogens (tertiary/aromatic N) is 2. The first kappa shape index (κ1) is 14.6. The zero-order valence-corrected chi connectivity index (χ0v) is 12.1. The van der Waals surface area contributed by atoms with Gasteiger partial charge in [-0.25, -0.2) is 0 Å². The molecule has 108 valence electrons. The Morgan fingerprint density at radius 2 is 2.21 bits per heavy atom. The molecule has 2 heterocycles. The first-order valence-electron chi connectivity index (χ1n) is 6.61. The van der Waals surface area contributed by atoms with E-state index in [0.717, 1.165) is 26.3 Å². The van der Waals surface area contributed by atoms with E-state index >= 15 is 0 Å². The van der Waals surface area contributed by atoms with Crippen molar-refractivity contribution in [3.05, 3.63) is 0 Å². The van der Waals surface area contributed by atoms with Crippen LogP contribution in [0.1, 0.15) is 6.92 Å². The monoisotopic (exact) mass is 287 g/mol. The Labute approximate surface area is 117 Å². The Kier molecular flexibility index (Phi) is 5.47. The van der Waals surface area contributed by atoms with E-state index in [1.165, 1.54) is 0 Å². The molecule has 2 amide bonds. The van der Waals surface area contributed by atoms with E-state index in [2.05, 4.69) is 17.1 Å². The highest BCUT2D eigenvalue weighted by atomic mass is 32.2. The van der Waals surface area contributed by atoms with Crippen LogP contribution in [-0.2, 0) is 14.3 Å². The molecule has 0 saturated carbocycles. The Morgan fingerprint density at radius 3 is 2.84 bits per heavy atom. The molecule has 1 N–H and O–H groups in total. The van der Waals surface area contributed by atoms with Gasteiger partial charge in [0.1, 0.15) is 6.54 Å². The van der Waals surface area contributed by atoms with Gasteiger partial charge in [0.05, 0.1) is 24.8 Å². The first-order chi connectivity index (χ1) is 9.16. The number of nitrogens with one attached hydrogen (secondary N) is 1. The summed E-state index contributed by atoms with van der Waals surface area (Å²) in [6, 6.07) is 0.302. The summed E-state index contributed by atoms with van der Waals surface area (Å²) in [5, 5.41) is 2.90. The molecule has 0 spiro atoms. The summed E-state index contributed by atoms with van der Waals surface area (Å²) in [5.74, 6) is 1.11. The molecule has 0 aromatic carbocycles. The van der Waals surface area contributed by atoms with Crippen molar-refractivity contribution in [3.63, 3.8) is 0 Å². The molecule has 2 rings (SSSR count). The van der Waals surface area contributed by atoms with Gasteiger partial charge in [0.15, 0.2) is 0 Å². The molecule has 2 aliphatic rings. The minimum Gasteiger partial charge on any atom is -0.379 e. The molecule has 2 fully saturated rings. The molecular formula is C12H21N3O3S. The van der Waals surface area contributed by atoms with E-state index in [4.69, 9.17) is 4.74 Å². The molecule has 0 aromatic rings. The molecule has 1 atom stereocenters. The SMILES string of the molecule is CC(CNC(=O)CN1CSCC1=O)N1CCOCC1.